The Hall–Kier alpha value is -0.620. The summed E-state index contributed by atoms with van der Waals surface area (Å²) in [5.41, 5.74) is 1.31. The van der Waals surface area contributed by atoms with Crippen LogP contribution in [-0.2, 0) is 16.6 Å². The molecule has 21 heavy (non-hydrogen) atoms. The smallest absolute Gasteiger partial charge is 0.213 e. The van der Waals surface area contributed by atoms with E-state index in [0.717, 1.165) is 36.6 Å². The number of hydrogen-bond donors (Lipinski definition) is 0. The lowest BCUT2D eigenvalue weighted by Crippen LogP contribution is -2.57. The maximum absolute atomic E-state index is 11.9. The second-order valence-corrected chi connectivity index (χ2v) is 8.89. The van der Waals surface area contributed by atoms with Crippen LogP contribution in [0.3, 0.4) is 0 Å². The van der Waals surface area contributed by atoms with Gasteiger partial charge in [-0.1, -0.05) is 29.8 Å². The molecule has 0 aromatic heterocycles. The predicted molar refractivity (Wildman–Crippen MR) is 84.8 cm³/mol. The molecule has 0 atom stereocenters. The van der Waals surface area contributed by atoms with Crippen molar-refractivity contribution in [1.82, 2.24) is 9.21 Å². The highest BCUT2D eigenvalue weighted by Crippen LogP contribution is 2.41. The van der Waals surface area contributed by atoms with Crippen molar-refractivity contribution in [3.8, 4) is 0 Å². The van der Waals surface area contributed by atoms with Crippen molar-refractivity contribution in [3.63, 3.8) is 0 Å². The third-order valence-electron chi connectivity index (χ3n) is 4.63. The van der Waals surface area contributed by atoms with Crippen LogP contribution in [0, 0.1) is 5.41 Å². The molecular weight excluding hydrogens is 308 g/mol. The Balaban J connectivity index is 1.58. The van der Waals surface area contributed by atoms with Crippen LogP contribution in [0.15, 0.2) is 24.3 Å². The first-order chi connectivity index (χ1) is 9.94. The Morgan fingerprint density at radius 3 is 2.62 bits per heavy atom. The molecule has 1 aromatic rings. The highest BCUT2D eigenvalue weighted by Gasteiger charge is 2.49. The van der Waals surface area contributed by atoms with E-state index in [9.17, 15) is 8.42 Å². The molecule has 2 heterocycles. The molecule has 0 aliphatic carbocycles. The van der Waals surface area contributed by atoms with E-state index in [1.165, 1.54) is 0 Å². The average molecular weight is 329 g/mol. The van der Waals surface area contributed by atoms with E-state index in [2.05, 4.69) is 11.0 Å². The van der Waals surface area contributed by atoms with Gasteiger partial charge in [0.25, 0.3) is 0 Å². The zero-order chi connectivity index (χ0) is 15.1. The minimum Gasteiger partial charge on any atom is -0.298 e. The van der Waals surface area contributed by atoms with Crippen LogP contribution in [0.2, 0.25) is 5.02 Å². The summed E-state index contributed by atoms with van der Waals surface area (Å²) in [7, 11) is -3.03. The van der Waals surface area contributed by atoms with Crippen LogP contribution in [-0.4, -0.2) is 49.6 Å². The van der Waals surface area contributed by atoms with Gasteiger partial charge in [0.05, 0.1) is 5.75 Å². The first-order valence-corrected chi connectivity index (χ1v) is 9.36. The van der Waals surface area contributed by atoms with Gasteiger partial charge in [-0.3, -0.25) is 4.90 Å². The highest BCUT2D eigenvalue weighted by molar-refractivity contribution is 7.89. The molecule has 0 saturated carbocycles. The maximum atomic E-state index is 11.9. The molecule has 0 bridgehead atoms. The van der Waals surface area contributed by atoms with E-state index in [1.54, 1.807) is 11.2 Å². The van der Waals surface area contributed by atoms with Crippen molar-refractivity contribution >= 4 is 21.6 Å². The fourth-order valence-corrected chi connectivity index (χ4v) is 4.85. The van der Waals surface area contributed by atoms with Crippen LogP contribution in [0.25, 0.3) is 0 Å². The maximum Gasteiger partial charge on any atom is 0.213 e. The van der Waals surface area contributed by atoms with Gasteiger partial charge in [0.1, 0.15) is 0 Å². The Kier molecular flexibility index (Phi) is 4.03. The molecule has 6 heteroatoms. The topological polar surface area (TPSA) is 40.6 Å². The van der Waals surface area contributed by atoms with E-state index >= 15 is 0 Å². The normalized spacial score (nSPS) is 22.6. The van der Waals surface area contributed by atoms with Crippen LogP contribution < -0.4 is 0 Å². The summed E-state index contributed by atoms with van der Waals surface area (Å²) in [6.45, 7) is 5.85. The lowest BCUT2D eigenvalue weighted by molar-refractivity contribution is 0.00654. The van der Waals surface area contributed by atoms with Gasteiger partial charge in [-0.05, 0) is 25.0 Å². The second-order valence-electron chi connectivity index (χ2n) is 6.22. The summed E-state index contributed by atoms with van der Waals surface area (Å²) < 4.78 is 25.5. The monoisotopic (exact) mass is 328 g/mol. The highest BCUT2D eigenvalue weighted by atomic mass is 35.5. The van der Waals surface area contributed by atoms with Crippen molar-refractivity contribution < 1.29 is 8.42 Å². The Bertz CT molecular complexity index is 626. The third kappa shape index (κ3) is 2.97. The molecule has 2 fully saturated rings. The minimum atomic E-state index is -3.03. The summed E-state index contributed by atoms with van der Waals surface area (Å²) in [6, 6.07) is 7.91. The second kappa shape index (κ2) is 5.54. The van der Waals surface area contributed by atoms with E-state index in [4.69, 9.17) is 11.6 Å². The Morgan fingerprint density at radius 2 is 1.95 bits per heavy atom. The van der Waals surface area contributed by atoms with E-state index in [1.807, 2.05) is 18.2 Å². The lowest BCUT2D eigenvalue weighted by atomic mass is 9.79. The van der Waals surface area contributed by atoms with E-state index in [0.29, 0.717) is 13.1 Å². The van der Waals surface area contributed by atoms with Gasteiger partial charge in [0.2, 0.25) is 10.0 Å². The zero-order valence-corrected chi connectivity index (χ0v) is 13.8. The van der Waals surface area contributed by atoms with Crippen LogP contribution in [0.1, 0.15) is 18.9 Å². The molecule has 116 valence electrons. The zero-order valence-electron chi connectivity index (χ0n) is 12.3. The number of likely N-dealkylation sites (tertiary alicyclic amines) is 1. The fraction of sp³-hybridized carbons (Fsp3) is 0.600. The molecule has 0 amide bonds. The summed E-state index contributed by atoms with van der Waals surface area (Å²) in [5, 5.41) is 0.806. The summed E-state index contributed by atoms with van der Waals surface area (Å²) in [5.74, 6) is 0.201. The molecule has 1 spiro atoms. The fourth-order valence-electron chi connectivity index (χ4n) is 3.45. The number of halogens is 1. The summed E-state index contributed by atoms with van der Waals surface area (Å²) in [4.78, 5) is 2.35. The number of benzene rings is 1. The lowest BCUT2D eigenvalue weighted by Gasteiger charge is -2.48. The Labute approximate surface area is 131 Å². The predicted octanol–water partition coefficient (Wildman–Crippen LogP) is 2.20. The molecule has 4 nitrogen and oxygen atoms in total. The molecule has 0 unspecified atom stereocenters. The SMILES string of the molecule is CCS(=O)(=O)N1CCC2(CN(Cc3ccccc3Cl)C2)C1. The summed E-state index contributed by atoms with van der Waals surface area (Å²) in [6.07, 6.45) is 0.977. The van der Waals surface area contributed by atoms with Gasteiger partial charge >= 0.3 is 0 Å². The molecular formula is C15H21ClN2O2S. The number of hydrogen-bond acceptors (Lipinski definition) is 3. The van der Waals surface area contributed by atoms with Gasteiger partial charge in [-0.2, -0.15) is 0 Å². The number of nitrogens with zero attached hydrogens (tertiary/aromatic N) is 2. The van der Waals surface area contributed by atoms with Gasteiger partial charge < -0.3 is 0 Å². The van der Waals surface area contributed by atoms with Crippen molar-refractivity contribution in [1.29, 1.82) is 0 Å². The quantitative estimate of drug-likeness (QED) is 0.850. The third-order valence-corrected chi connectivity index (χ3v) is 6.83. The van der Waals surface area contributed by atoms with Crippen molar-refractivity contribution in [2.75, 3.05) is 31.9 Å². The van der Waals surface area contributed by atoms with Gasteiger partial charge in [-0.15, -0.1) is 0 Å². The number of rotatable bonds is 4. The van der Waals surface area contributed by atoms with Gasteiger partial charge in [-0.25, -0.2) is 12.7 Å². The van der Waals surface area contributed by atoms with Crippen LogP contribution in [0.5, 0.6) is 0 Å². The average Bonchev–Trinajstić information content (AvgIpc) is 2.87. The van der Waals surface area contributed by atoms with Gasteiger partial charge in [0, 0.05) is 43.2 Å². The molecule has 2 saturated heterocycles. The molecule has 3 rings (SSSR count). The Morgan fingerprint density at radius 1 is 1.24 bits per heavy atom. The molecule has 2 aliphatic rings. The number of sulfonamides is 1. The van der Waals surface area contributed by atoms with Gasteiger partial charge in [0.15, 0.2) is 0 Å². The van der Waals surface area contributed by atoms with E-state index in [-0.39, 0.29) is 11.2 Å². The van der Waals surface area contributed by atoms with Crippen molar-refractivity contribution in [2.45, 2.75) is 19.9 Å². The molecule has 0 radical (unpaired) electrons. The van der Waals surface area contributed by atoms with Crippen LogP contribution >= 0.6 is 11.6 Å². The van der Waals surface area contributed by atoms with Crippen molar-refractivity contribution in [2.24, 2.45) is 5.41 Å². The largest absolute Gasteiger partial charge is 0.298 e. The molecule has 0 N–H and O–H groups in total. The first kappa shape index (κ1) is 15.3. The minimum absolute atomic E-state index is 0.170. The first-order valence-electron chi connectivity index (χ1n) is 7.38. The standard InChI is InChI=1S/C15H21ClN2O2S/c1-2-21(19,20)18-8-7-15(12-18)10-17(11-15)9-13-5-3-4-6-14(13)16/h3-6H,2,7-12H2,1H3. The van der Waals surface area contributed by atoms with E-state index < -0.39 is 10.0 Å². The van der Waals surface area contributed by atoms with Crippen molar-refractivity contribution in [3.05, 3.63) is 34.9 Å². The van der Waals surface area contributed by atoms with Crippen LogP contribution in [0.4, 0.5) is 0 Å². The molecule has 1 aromatic carbocycles. The molecule has 2 aliphatic heterocycles. The summed E-state index contributed by atoms with van der Waals surface area (Å²) >= 11 is 6.19.